The predicted octanol–water partition coefficient (Wildman–Crippen LogP) is 3.95. The first-order chi connectivity index (χ1) is 5.35. The SMILES string of the molecule is C=CC(C=CCCCC)CC. The van der Waals surface area contributed by atoms with Gasteiger partial charge in [-0.1, -0.05) is 44.9 Å². The van der Waals surface area contributed by atoms with Gasteiger partial charge in [-0.15, -0.1) is 6.58 Å². The Morgan fingerprint density at radius 2 is 2.09 bits per heavy atom. The highest BCUT2D eigenvalue weighted by molar-refractivity contribution is 4.96. The smallest absolute Gasteiger partial charge is 0.00588 e. The third kappa shape index (κ3) is 5.90. The summed E-state index contributed by atoms with van der Waals surface area (Å²) in [5.74, 6) is 0.590. The van der Waals surface area contributed by atoms with Gasteiger partial charge >= 0.3 is 0 Å². The van der Waals surface area contributed by atoms with E-state index in [0.717, 1.165) is 0 Å². The Morgan fingerprint density at radius 1 is 1.36 bits per heavy atom. The molecule has 64 valence electrons. The van der Waals surface area contributed by atoms with Gasteiger partial charge in [-0.2, -0.15) is 0 Å². The maximum atomic E-state index is 3.78. The van der Waals surface area contributed by atoms with Crippen molar-refractivity contribution in [2.45, 2.75) is 39.5 Å². The molecular weight excluding hydrogens is 132 g/mol. The van der Waals surface area contributed by atoms with Crippen LogP contribution in [0.25, 0.3) is 0 Å². The van der Waals surface area contributed by atoms with Crippen LogP contribution >= 0.6 is 0 Å². The van der Waals surface area contributed by atoms with E-state index < -0.39 is 0 Å². The quantitative estimate of drug-likeness (QED) is 0.399. The minimum Gasteiger partial charge on any atom is -0.102 e. The first-order valence-corrected chi connectivity index (χ1v) is 4.64. The van der Waals surface area contributed by atoms with Crippen LogP contribution in [0.1, 0.15) is 39.5 Å². The molecule has 0 heteroatoms. The van der Waals surface area contributed by atoms with E-state index in [9.17, 15) is 0 Å². The summed E-state index contributed by atoms with van der Waals surface area (Å²) in [5.41, 5.74) is 0. The van der Waals surface area contributed by atoms with E-state index >= 15 is 0 Å². The molecule has 0 aliphatic heterocycles. The topological polar surface area (TPSA) is 0 Å². The average molecular weight is 152 g/mol. The van der Waals surface area contributed by atoms with Gasteiger partial charge in [0.1, 0.15) is 0 Å². The fourth-order valence-corrected chi connectivity index (χ4v) is 0.974. The molecule has 0 fully saturated rings. The summed E-state index contributed by atoms with van der Waals surface area (Å²) in [6.45, 7) is 8.19. The van der Waals surface area contributed by atoms with Crippen LogP contribution in [0, 0.1) is 5.92 Å². The van der Waals surface area contributed by atoms with Crippen LogP contribution in [0.3, 0.4) is 0 Å². The predicted molar refractivity (Wildman–Crippen MR) is 52.6 cm³/mol. The molecule has 0 bridgehead atoms. The highest BCUT2D eigenvalue weighted by atomic mass is 14.0. The van der Waals surface area contributed by atoms with Crippen molar-refractivity contribution in [3.05, 3.63) is 24.8 Å². The third-order valence-corrected chi connectivity index (χ3v) is 1.88. The fourth-order valence-electron chi connectivity index (χ4n) is 0.974. The lowest BCUT2D eigenvalue weighted by Gasteiger charge is -2.00. The van der Waals surface area contributed by atoms with Crippen molar-refractivity contribution in [2.75, 3.05) is 0 Å². The first-order valence-electron chi connectivity index (χ1n) is 4.64. The molecule has 0 aromatic rings. The van der Waals surface area contributed by atoms with Gasteiger partial charge < -0.3 is 0 Å². The molecule has 1 unspecified atom stereocenters. The van der Waals surface area contributed by atoms with Gasteiger partial charge in [0, 0.05) is 0 Å². The standard InChI is InChI=1S/C11H20/c1-4-7-8-9-10-11(5-2)6-3/h5,9-11H,2,4,6-8H2,1,3H3. The number of allylic oxidation sites excluding steroid dienone is 3. The molecule has 0 aromatic heterocycles. The fraction of sp³-hybridized carbons (Fsp3) is 0.636. The normalized spacial score (nSPS) is 13.6. The molecule has 0 spiro atoms. The zero-order chi connectivity index (χ0) is 8.53. The minimum atomic E-state index is 0.590. The summed E-state index contributed by atoms with van der Waals surface area (Å²) in [4.78, 5) is 0. The molecule has 0 saturated carbocycles. The molecule has 0 radical (unpaired) electrons. The summed E-state index contributed by atoms with van der Waals surface area (Å²) < 4.78 is 0. The lowest BCUT2D eigenvalue weighted by Crippen LogP contribution is -1.86. The van der Waals surface area contributed by atoms with Gasteiger partial charge in [0.25, 0.3) is 0 Å². The number of hydrogen-bond donors (Lipinski definition) is 0. The molecule has 0 aliphatic rings. The van der Waals surface area contributed by atoms with Gasteiger partial charge in [0.05, 0.1) is 0 Å². The number of rotatable bonds is 6. The maximum absolute atomic E-state index is 3.78. The number of unbranched alkanes of at least 4 members (excludes halogenated alkanes) is 2. The third-order valence-electron chi connectivity index (χ3n) is 1.88. The first kappa shape index (κ1) is 10.5. The lowest BCUT2D eigenvalue weighted by atomic mass is 10.1. The molecule has 0 amide bonds. The molecule has 0 aromatic carbocycles. The average Bonchev–Trinajstić information content (AvgIpc) is 2.05. The van der Waals surface area contributed by atoms with Gasteiger partial charge in [-0.05, 0) is 18.8 Å². The van der Waals surface area contributed by atoms with Crippen LogP contribution in [-0.4, -0.2) is 0 Å². The van der Waals surface area contributed by atoms with Crippen LogP contribution in [0.2, 0.25) is 0 Å². The highest BCUT2D eigenvalue weighted by Crippen LogP contribution is 2.06. The van der Waals surface area contributed by atoms with Crippen molar-refractivity contribution in [3.8, 4) is 0 Å². The largest absolute Gasteiger partial charge is 0.102 e. The van der Waals surface area contributed by atoms with Crippen LogP contribution in [0.5, 0.6) is 0 Å². The number of hydrogen-bond acceptors (Lipinski definition) is 0. The summed E-state index contributed by atoms with van der Waals surface area (Å²) in [6, 6.07) is 0. The maximum Gasteiger partial charge on any atom is -0.00588 e. The molecule has 0 nitrogen and oxygen atoms in total. The van der Waals surface area contributed by atoms with Crippen molar-refractivity contribution < 1.29 is 0 Å². The second-order valence-electron chi connectivity index (χ2n) is 2.88. The lowest BCUT2D eigenvalue weighted by molar-refractivity contribution is 0.760. The van der Waals surface area contributed by atoms with E-state index in [1.54, 1.807) is 0 Å². The van der Waals surface area contributed by atoms with Crippen LogP contribution < -0.4 is 0 Å². The van der Waals surface area contributed by atoms with Gasteiger partial charge in [0.2, 0.25) is 0 Å². The minimum absolute atomic E-state index is 0.590. The van der Waals surface area contributed by atoms with E-state index in [1.165, 1.54) is 25.7 Å². The van der Waals surface area contributed by atoms with E-state index in [0.29, 0.717) is 5.92 Å². The summed E-state index contributed by atoms with van der Waals surface area (Å²) >= 11 is 0. The Labute approximate surface area is 71.0 Å². The summed E-state index contributed by atoms with van der Waals surface area (Å²) in [6.07, 6.45) is 11.6. The molecule has 0 N–H and O–H groups in total. The Hall–Kier alpha value is -0.520. The van der Waals surface area contributed by atoms with Gasteiger partial charge in [0.15, 0.2) is 0 Å². The molecule has 0 rings (SSSR count). The second kappa shape index (κ2) is 7.59. The van der Waals surface area contributed by atoms with E-state index in [-0.39, 0.29) is 0 Å². The van der Waals surface area contributed by atoms with Crippen molar-refractivity contribution in [2.24, 2.45) is 5.92 Å². The van der Waals surface area contributed by atoms with Crippen LogP contribution in [-0.2, 0) is 0 Å². The second-order valence-corrected chi connectivity index (χ2v) is 2.88. The van der Waals surface area contributed by atoms with Crippen molar-refractivity contribution in [1.29, 1.82) is 0 Å². The van der Waals surface area contributed by atoms with E-state index in [4.69, 9.17) is 0 Å². The zero-order valence-electron chi connectivity index (χ0n) is 7.84. The van der Waals surface area contributed by atoms with Crippen molar-refractivity contribution >= 4 is 0 Å². The van der Waals surface area contributed by atoms with E-state index in [2.05, 4.69) is 32.6 Å². The van der Waals surface area contributed by atoms with Crippen molar-refractivity contribution in [3.63, 3.8) is 0 Å². The molecule has 11 heavy (non-hydrogen) atoms. The van der Waals surface area contributed by atoms with Gasteiger partial charge in [-0.3, -0.25) is 0 Å². The van der Waals surface area contributed by atoms with Crippen LogP contribution in [0.4, 0.5) is 0 Å². The molecule has 1 atom stereocenters. The van der Waals surface area contributed by atoms with Crippen LogP contribution in [0.15, 0.2) is 24.8 Å². The highest BCUT2D eigenvalue weighted by Gasteiger charge is 1.91. The summed E-state index contributed by atoms with van der Waals surface area (Å²) in [7, 11) is 0. The Bertz CT molecular complexity index is 111. The zero-order valence-corrected chi connectivity index (χ0v) is 7.84. The van der Waals surface area contributed by atoms with E-state index in [1.807, 2.05) is 6.08 Å². The monoisotopic (exact) mass is 152 g/mol. The van der Waals surface area contributed by atoms with Gasteiger partial charge in [-0.25, -0.2) is 0 Å². The Balaban J connectivity index is 3.44. The Kier molecular flexibility index (Phi) is 7.23. The molecule has 0 heterocycles. The molecule has 0 saturated heterocycles. The van der Waals surface area contributed by atoms with Crippen molar-refractivity contribution in [1.82, 2.24) is 0 Å². The molecular formula is C11H20. The molecule has 0 aliphatic carbocycles. The Morgan fingerprint density at radius 3 is 2.55 bits per heavy atom. The summed E-state index contributed by atoms with van der Waals surface area (Å²) in [5, 5.41) is 0.